The van der Waals surface area contributed by atoms with Crippen LogP contribution in [-0.4, -0.2) is 17.3 Å². The first-order valence-corrected chi connectivity index (χ1v) is 4.74. The van der Waals surface area contributed by atoms with Crippen molar-refractivity contribution in [3.8, 4) is 17.0 Å². The van der Waals surface area contributed by atoms with Crippen LogP contribution in [0.1, 0.15) is 0 Å². The van der Waals surface area contributed by atoms with E-state index >= 15 is 0 Å². The molecule has 0 atom stereocenters. The number of hydrogen-bond acceptors (Lipinski definition) is 4. The molecule has 4 nitrogen and oxygen atoms in total. The van der Waals surface area contributed by atoms with E-state index in [9.17, 15) is 8.78 Å². The maximum absolute atomic E-state index is 13.7. The molecule has 2 N–H and O–H groups in total. The summed E-state index contributed by atoms with van der Waals surface area (Å²) in [6.45, 7) is 0. The molecule has 0 saturated carbocycles. The van der Waals surface area contributed by atoms with Gasteiger partial charge in [-0.15, -0.1) is 10.2 Å². The van der Waals surface area contributed by atoms with E-state index in [4.69, 9.17) is 10.5 Å². The van der Waals surface area contributed by atoms with Crippen LogP contribution in [0.3, 0.4) is 0 Å². The maximum Gasteiger partial charge on any atom is 0.146 e. The minimum atomic E-state index is -0.763. The SMILES string of the molecule is COc1cc(F)c(-c2ccc(N)nn2)c(F)c1. The Kier molecular flexibility index (Phi) is 2.86. The van der Waals surface area contributed by atoms with Gasteiger partial charge >= 0.3 is 0 Å². The van der Waals surface area contributed by atoms with E-state index in [0.29, 0.717) is 0 Å². The molecular weight excluding hydrogens is 228 g/mol. The number of hydrogen-bond donors (Lipinski definition) is 1. The lowest BCUT2D eigenvalue weighted by Gasteiger charge is -2.06. The Hall–Kier alpha value is -2.24. The zero-order chi connectivity index (χ0) is 12.4. The highest BCUT2D eigenvalue weighted by molar-refractivity contribution is 5.62. The van der Waals surface area contributed by atoms with Crippen LogP contribution >= 0.6 is 0 Å². The van der Waals surface area contributed by atoms with Gasteiger partial charge in [-0.3, -0.25) is 0 Å². The van der Waals surface area contributed by atoms with Crippen molar-refractivity contribution in [2.24, 2.45) is 0 Å². The molecule has 0 fully saturated rings. The van der Waals surface area contributed by atoms with Crippen molar-refractivity contribution >= 4 is 5.82 Å². The second kappa shape index (κ2) is 4.32. The van der Waals surface area contributed by atoms with Crippen molar-refractivity contribution in [2.75, 3.05) is 12.8 Å². The second-order valence-electron chi connectivity index (χ2n) is 3.31. The largest absolute Gasteiger partial charge is 0.497 e. The van der Waals surface area contributed by atoms with Gasteiger partial charge in [0.25, 0.3) is 0 Å². The highest BCUT2D eigenvalue weighted by Gasteiger charge is 2.15. The average molecular weight is 237 g/mol. The maximum atomic E-state index is 13.7. The summed E-state index contributed by atoms with van der Waals surface area (Å²) in [6.07, 6.45) is 0. The van der Waals surface area contributed by atoms with Crippen LogP contribution in [0.15, 0.2) is 24.3 Å². The van der Waals surface area contributed by atoms with Gasteiger partial charge in [0.15, 0.2) is 0 Å². The number of halogens is 2. The Morgan fingerprint density at radius 1 is 1.12 bits per heavy atom. The third-order valence-electron chi connectivity index (χ3n) is 2.19. The van der Waals surface area contributed by atoms with Gasteiger partial charge < -0.3 is 10.5 Å². The van der Waals surface area contributed by atoms with Crippen molar-refractivity contribution in [2.45, 2.75) is 0 Å². The van der Waals surface area contributed by atoms with Crippen molar-refractivity contribution < 1.29 is 13.5 Å². The van der Waals surface area contributed by atoms with Crippen molar-refractivity contribution in [1.29, 1.82) is 0 Å². The van der Waals surface area contributed by atoms with E-state index in [1.165, 1.54) is 19.2 Å². The number of nitrogens with two attached hydrogens (primary N) is 1. The van der Waals surface area contributed by atoms with E-state index in [2.05, 4.69) is 10.2 Å². The topological polar surface area (TPSA) is 61.0 Å². The zero-order valence-corrected chi connectivity index (χ0v) is 8.95. The van der Waals surface area contributed by atoms with Crippen LogP contribution < -0.4 is 10.5 Å². The average Bonchev–Trinajstić information content (AvgIpc) is 2.30. The molecule has 0 radical (unpaired) electrons. The van der Waals surface area contributed by atoms with Gasteiger partial charge in [-0.2, -0.15) is 0 Å². The molecule has 0 bridgehead atoms. The smallest absolute Gasteiger partial charge is 0.146 e. The van der Waals surface area contributed by atoms with E-state index in [1.807, 2.05) is 0 Å². The van der Waals surface area contributed by atoms with E-state index in [-0.39, 0.29) is 22.8 Å². The molecule has 6 heteroatoms. The fourth-order valence-electron chi connectivity index (χ4n) is 1.39. The second-order valence-corrected chi connectivity index (χ2v) is 3.31. The van der Waals surface area contributed by atoms with Crippen LogP contribution in [0.4, 0.5) is 14.6 Å². The molecule has 88 valence electrons. The van der Waals surface area contributed by atoms with Crippen LogP contribution in [-0.2, 0) is 0 Å². The first-order chi connectivity index (χ1) is 8.11. The van der Waals surface area contributed by atoms with Crippen molar-refractivity contribution in [3.63, 3.8) is 0 Å². The predicted molar refractivity (Wildman–Crippen MR) is 58.3 cm³/mol. The number of benzene rings is 1. The molecule has 2 rings (SSSR count). The summed E-state index contributed by atoms with van der Waals surface area (Å²) < 4.78 is 32.1. The lowest BCUT2D eigenvalue weighted by Crippen LogP contribution is -1.98. The van der Waals surface area contributed by atoms with Gasteiger partial charge in [-0.1, -0.05) is 0 Å². The van der Waals surface area contributed by atoms with Gasteiger partial charge in [0.1, 0.15) is 23.2 Å². The molecule has 1 heterocycles. The molecule has 0 aliphatic heterocycles. The first-order valence-electron chi connectivity index (χ1n) is 4.74. The van der Waals surface area contributed by atoms with Crippen molar-refractivity contribution in [1.82, 2.24) is 10.2 Å². The normalized spacial score (nSPS) is 10.3. The zero-order valence-electron chi connectivity index (χ0n) is 8.95. The van der Waals surface area contributed by atoms with Gasteiger partial charge in [0.2, 0.25) is 0 Å². The van der Waals surface area contributed by atoms with E-state index < -0.39 is 11.6 Å². The van der Waals surface area contributed by atoms with E-state index in [0.717, 1.165) is 12.1 Å². The number of ether oxygens (including phenoxy) is 1. The molecule has 0 saturated heterocycles. The quantitative estimate of drug-likeness (QED) is 0.867. The molecule has 0 unspecified atom stereocenters. The van der Waals surface area contributed by atoms with Gasteiger partial charge in [-0.05, 0) is 12.1 Å². The number of aromatic nitrogens is 2. The number of anilines is 1. The monoisotopic (exact) mass is 237 g/mol. The molecule has 0 aliphatic carbocycles. The molecular formula is C11H9F2N3O. The Bertz CT molecular complexity index is 520. The minimum absolute atomic E-state index is 0.0804. The number of rotatable bonds is 2. The predicted octanol–water partition coefficient (Wildman–Crippen LogP) is 2.01. The summed E-state index contributed by atoms with van der Waals surface area (Å²) in [5.41, 5.74) is 5.17. The van der Waals surface area contributed by atoms with Gasteiger partial charge in [-0.25, -0.2) is 8.78 Å². The summed E-state index contributed by atoms with van der Waals surface area (Å²) in [4.78, 5) is 0. The Balaban J connectivity index is 2.55. The van der Waals surface area contributed by atoms with Gasteiger partial charge in [0.05, 0.1) is 18.4 Å². The van der Waals surface area contributed by atoms with E-state index in [1.54, 1.807) is 0 Å². The number of nitrogens with zero attached hydrogens (tertiary/aromatic N) is 2. The van der Waals surface area contributed by atoms with Crippen LogP contribution in [0, 0.1) is 11.6 Å². The van der Waals surface area contributed by atoms with Gasteiger partial charge in [0, 0.05) is 12.1 Å². The fourth-order valence-corrected chi connectivity index (χ4v) is 1.39. The first kappa shape index (κ1) is 11.3. The molecule has 1 aromatic heterocycles. The molecule has 2 aromatic rings. The minimum Gasteiger partial charge on any atom is -0.497 e. The fraction of sp³-hybridized carbons (Fsp3) is 0.0909. The van der Waals surface area contributed by atoms with Crippen LogP contribution in [0.5, 0.6) is 5.75 Å². The molecule has 0 amide bonds. The Morgan fingerprint density at radius 2 is 1.76 bits per heavy atom. The third kappa shape index (κ3) is 2.15. The summed E-state index contributed by atoms with van der Waals surface area (Å²) in [7, 11) is 1.33. The number of nitrogen functional groups attached to an aromatic ring is 1. The molecule has 1 aromatic carbocycles. The summed E-state index contributed by atoms with van der Waals surface area (Å²) in [5.74, 6) is -1.24. The van der Waals surface area contributed by atoms with Crippen molar-refractivity contribution in [3.05, 3.63) is 35.9 Å². The van der Waals surface area contributed by atoms with Crippen LogP contribution in [0.2, 0.25) is 0 Å². The Morgan fingerprint density at radius 3 is 2.24 bits per heavy atom. The molecule has 0 spiro atoms. The summed E-state index contributed by atoms with van der Waals surface area (Å²) in [5, 5.41) is 7.17. The lowest BCUT2D eigenvalue weighted by atomic mass is 10.1. The molecule has 0 aliphatic rings. The highest BCUT2D eigenvalue weighted by atomic mass is 19.1. The lowest BCUT2D eigenvalue weighted by molar-refractivity contribution is 0.407. The Labute approximate surface area is 96.0 Å². The summed E-state index contributed by atoms with van der Waals surface area (Å²) in [6, 6.07) is 4.98. The third-order valence-corrected chi connectivity index (χ3v) is 2.19. The standard InChI is InChI=1S/C11H9F2N3O/c1-17-6-4-7(12)11(8(13)5-6)9-2-3-10(14)16-15-9/h2-5H,1H3,(H2,14,16). The summed E-state index contributed by atoms with van der Waals surface area (Å²) >= 11 is 0. The van der Waals surface area contributed by atoms with Crippen LogP contribution in [0.25, 0.3) is 11.3 Å². The molecule has 17 heavy (non-hydrogen) atoms. The highest BCUT2D eigenvalue weighted by Crippen LogP contribution is 2.28. The number of methoxy groups -OCH3 is 1.